The minimum absolute atomic E-state index is 0.270. The Labute approximate surface area is 84.8 Å². The number of rotatable bonds is 2. The van der Waals surface area contributed by atoms with Gasteiger partial charge in [0.05, 0.1) is 0 Å². The molecular weight excluding hydrogens is 174 g/mol. The zero-order chi connectivity index (χ0) is 10.7. The molecule has 1 heterocycles. The van der Waals surface area contributed by atoms with Gasteiger partial charge in [-0.3, -0.25) is 0 Å². The molecule has 3 nitrogen and oxygen atoms in total. The summed E-state index contributed by atoms with van der Waals surface area (Å²) >= 11 is 0. The highest BCUT2D eigenvalue weighted by molar-refractivity contribution is 5.34. The van der Waals surface area contributed by atoms with Crippen molar-refractivity contribution >= 4 is 0 Å². The van der Waals surface area contributed by atoms with Gasteiger partial charge in [0, 0.05) is 17.2 Å². The Bertz CT molecular complexity index is 375. The number of hydrogen-bond donors (Lipinski definition) is 0. The first kappa shape index (κ1) is 10.6. The number of aromatic nitrogens is 2. The highest BCUT2D eigenvalue weighted by Gasteiger charge is 2.11. The van der Waals surface area contributed by atoms with Gasteiger partial charge >= 0.3 is 0 Å². The summed E-state index contributed by atoms with van der Waals surface area (Å²) in [5, 5.41) is 8.94. The van der Waals surface area contributed by atoms with E-state index in [0.717, 1.165) is 23.5 Å². The Morgan fingerprint density at radius 3 is 2.43 bits per heavy atom. The Morgan fingerprint density at radius 2 is 2.00 bits per heavy atom. The van der Waals surface area contributed by atoms with Gasteiger partial charge in [-0.2, -0.15) is 5.26 Å². The van der Waals surface area contributed by atoms with E-state index in [1.165, 1.54) is 0 Å². The monoisotopic (exact) mass is 189 g/mol. The maximum Gasteiger partial charge on any atom is 0.147 e. The predicted molar refractivity (Wildman–Crippen MR) is 55.0 cm³/mol. The first-order valence-electron chi connectivity index (χ1n) is 4.87. The lowest BCUT2D eigenvalue weighted by Crippen LogP contribution is -2.06. The third kappa shape index (κ3) is 1.90. The topological polar surface area (TPSA) is 49.6 Å². The molecule has 74 valence electrons. The molecule has 0 spiro atoms. The van der Waals surface area contributed by atoms with Crippen LogP contribution in [0, 0.1) is 18.3 Å². The lowest BCUT2D eigenvalue weighted by Gasteiger charge is -2.09. The van der Waals surface area contributed by atoms with E-state index < -0.39 is 0 Å². The molecule has 1 aromatic rings. The lowest BCUT2D eigenvalue weighted by atomic mass is 10.1. The van der Waals surface area contributed by atoms with Crippen LogP contribution in [0.25, 0.3) is 0 Å². The van der Waals surface area contributed by atoms with E-state index >= 15 is 0 Å². The first-order chi connectivity index (χ1) is 6.60. The van der Waals surface area contributed by atoms with E-state index in [0.29, 0.717) is 5.69 Å². The maximum absolute atomic E-state index is 8.94. The van der Waals surface area contributed by atoms with Crippen molar-refractivity contribution in [2.45, 2.75) is 40.0 Å². The average Bonchev–Trinajstić information content (AvgIpc) is 2.16. The molecule has 0 aliphatic carbocycles. The normalized spacial score (nSPS) is 10.3. The molecule has 0 bridgehead atoms. The summed E-state index contributed by atoms with van der Waals surface area (Å²) in [6.07, 6.45) is 0.813. The fourth-order valence-corrected chi connectivity index (χ4v) is 1.39. The van der Waals surface area contributed by atoms with Gasteiger partial charge in [0.1, 0.15) is 17.6 Å². The van der Waals surface area contributed by atoms with Gasteiger partial charge in [-0.1, -0.05) is 20.8 Å². The fraction of sp³-hybridized carbons (Fsp3) is 0.545. The quantitative estimate of drug-likeness (QED) is 0.717. The van der Waals surface area contributed by atoms with Gasteiger partial charge in [0.15, 0.2) is 0 Å². The number of nitrogens with zero attached hydrogens (tertiary/aromatic N) is 3. The van der Waals surface area contributed by atoms with E-state index in [-0.39, 0.29) is 5.92 Å². The third-order valence-electron chi connectivity index (χ3n) is 2.21. The van der Waals surface area contributed by atoms with Crippen molar-refractivity contribution in [2.75, 3.05) is 0 Å². The summed E-state index contributed by atoms with van der Waals surface area (Å²) in [6, 6.07) is 2.13. The SMILES string of the molecule is CCc1c(C)nc(C(C)C)nc1C#N. The van der Waals surface area contributed by atoms with Crippen molar-refractivity contribution in [2.24, 2.45) is 0 Å². The Morgan fingerprint density at radius 1 is 1.36 bits per heavy atom. The average molecular weight is 189 g/mol. The molecule has 14 heavy (non-hydrogen) atoms. The Hall–Kier alpha value is -1.43. The van der Waals surface area contributed by atoms with E-state index in [4.69, 9.17) is 5.26 Å². The first-order valence-corrected chi connectivity index (χ1v) is 4.87. The lowest BCUT2D eigenvalue weighted by molar-refractivity contribution is 0.754. The van der Waals surface area contributed by atoms with E-state index in [1.807, 2.05) is 27.7 Å². The summed E-state index contributed by atoms with van der Waals surface area (Å²) in [5.74, 6) is 1.03. The molecule has 0 amide bonds. The number of nitriles is 1. The molecule has 0 N–H and O–H groups in total. The van der Waals surface area contributed by atoms with Crippen molar-refractivity contribution in [1.29, 1.82) is 5.26 Å². The van der Waals surface area contributed by atoms with Gasteiger partial charge in [0.25, 0.3) is 0 Å². The van der Waals surface area contributed by atoms with Crippen molar-refractivity contribution in [1.82, 2.24) is 9.97 Å². The molecule has 0 fully saturated rings. The predicted octanol–water partition coefficient (Wildman–Crippen LogP) is 2.34. The van der Waals surface area contributed by atoms with Crippen LogP contribution in [-0.2, 0) is 6.42 Å². The molecule has 3 heteroatoms. The molecule has 0 atom stereocenters. The minimum atomic E-state index is 0.270. The smallest absolute Gasteiger partial charge is 0.147 e. The van der Waals surface area contributed by atoms with Crippen molar-refractivity contribution in [3.8, 4) is 6.07 Å². The zero-order valence-corrected chi connectivity index (χ0v) is 9.13. The summed E-state index contributed by atoms with van der Waals surface area (Å²) in [4.78, 5) is 8.64. The highest BCUT2D eigenvalue weighted by Crippen LogP contribution is 2.15. The van der Waals surface area contributed by atoms with Crippen LogP contribution < -0.4 is 0 Å². The number of hydrogen-bond acceptors (Lipinski definition) is 3. The van der Waals surface area contributed by atoms with Crippen molar-refractivity contribution < 1.29 is 0 Å². The highest BCUT2D eigenvalue weighted by atomic mass is 14.9. The summed E-state index contributed by atoms with van der Waals surface area (Å²) in [6.45, 7) is 8.01. The summed E-state index contributed by atoms with van der Waals surface area (Å²) in [5.41, 5.74) is 2.43. The molecule has 1 rings (SSSR count). The van der Waals surface area contributed by atoms with Crippen LogP contribution >= 0.6 is 0 Å². The van der Waals surface area contributed by atoms with Crippen LogP contribution in [0.1, 0.15) is 49.5 Å². The second-order valence-electron chi connectivity index (χ2n) is 3.61. The molecule has 1 aromatic heterocycles. The Kier molecular flexibility index (Phi) is 3.19. The largest absolute Gasteiger partial charge is 0.238 e. The van der Waals surface area contributed by atoms with Crippen molar-refractivity contribution in [3.05, 3.63) is 22.8 Å². The van der Waals surface area contributed by atoms with E-state index in [2.05, 4.69) is 16.0 Å². The molecule has 0 aliphatic heterocycles. The van der Waals surface area contributed by atoms with E-state index in [9.17, 15) is 0 Å². The zero-order valence-electron chi connectivity index (χ0n) is 9.13. The molecule has 0 aromatic carbocycles. The van der Waals surface area contributed by atoms with Gasteiger partial charge in [0.2, 0.25) is 0 Å². The third-order valence-corrected chi connectivity index (χ3v) is 2.21. The van der Waals surface area contributed by atoms with Crippen LogP contribution in [0.15, 0.2) is 0 Å². The second kappa shape index (κ2) is 4.19. The van der Waals surface area contributed by atoms with Crippen molar-refractivity contribution in [3.63, 3.8) is 0 Å². The molecule has 0 saturated heterocycles. The van der Waals surface area contributed by atoms with Gasteiger partial charge in [-0.25, -0.2) is 9.97 Å². The molecule has 0 unspecified atom stereocenters. The summed E-state index contributed by atoms with van der Waals surface area (Å²) in [7, 11) is 0. The van der Waals surface area contributed by atoms with E-state index in [1.54, 1.807) is 0 Å². The summed E-state index contributed by atoms with van der Waals surface area (Å²) < 4.78 is 0. The number of aryl methyl sites for hydroxylation is 1. The van der Waals surface area contributed by atoms with Crippen LogP contribution in [0.5, 0.6) is 0 Å². The second-order valence-corrected chi connectivity index (χ2v) is 3.61. The molecular formula is C11H15N3. The standard InChI is InChI=1S/C11H15N3/c1-5-9-8(4)13-11(7(2)3)14-10(9)6-12/h7H,5H2,1-4H3. The van der Waals surface area contributed by atoms with Gasteiger partial charge in [-0.15, -0.1) is 0 Å². The van der Waals surface area contributed by atoms with Crippen LogP contribution in [-0.4, -0.2) is 9.97 Å². The Balaban J connectivity index is 3.33. The minimum Gasteiger partial charge on any atom is -0.238 e. The van der Waals surface area contributed by atoms with Crippen LogP contribution in [0.4, 0.5) is 0 Å². The maximum atomic E-state index is 8.94. The fourth-order valence-electron chi connectivity index (χ4n) is 1.39. The van der Waals surface area contributed by atoms with Crippen LogP contribution in [0.2, 0.25) is 0 Å². The van der Waals surface area contributed by atoms with Gasteiger partial charge in [-0.05, 0) is 13.3 Å². The molecule has 0 aliphatic rings. The molecule has 0 saturated carbocycles. The van der Waals surface area contributed by atoms with Crippen LogP contribution in [0.3, 0.4) is 0 Å². The van der Waals surface area contributed by atoms with Gasteiger partial charge < -0.3 is 0 Å². The molecule has 0 radical (unpaired) electrons.